The Morgan fingerprint density at radius 3 is 2.39 bits per heavy atom. The number of carbonyl (C=O) groups is 1. The fourth-order valence-corrected chi connectivity index (χ4v) is 3.93. The fourth-order valence-electron chi connectivity index (χ4n) is 2.83. The average Bonchev–Trinajstić information content (AvgIpc) is 3.21. The van der Waals surface area contributed by atoms with E-state index < -0.39 is 10.4 Å². The summed E-state index contributed by atoms with van der Waals surface area (Å²) >= 11 is 1.54. The number of rotatable bonds is 3. The molecule has 11 heteroatoms. The predicted octanol–water partition coefficient (Wildman–Crippen LogP) is 2.33. The van der Waals surface area contributed by atoms with Crippen molar-refractivity contribution < 1.29 is 31.6 Å². The molecule has 0 unspecified atom stereocenters. The lowest BCUT2D eigenvalue weighted by molar-refractivity contribution is -0.627. The molecule has 1 aliphatic rings. The largest absolute Gasteiger partial charge is 0.726 e. The highest BCUT2D eigenvalue weighted by atomic mass is 32.3. The molecule has 1 aromatic heterocycles. The van der Waals surface area contributed by atoms with Gasteiger partial charge >= 0.3 is 11.0 Å². The van der Waals surface area contributed by atoms with Crippen LogP contribution in [-0.4, -0.2) is 36.8 Å². The first kappa shape index (κ1) is 22.6. The second-order valence-corrected chi connectivity index (χ2v) is 8.60. The smallest absolute Gasteiger partial charge is 0.370 e. The van der Waals surface area contributed by atoms with E-state index in [-0.39, 0.29) is 11.7 Å². The SMILES string of the molecule is CC1=NN(c2sc3ccccc3[n+]2C)C(=O)/C1=C/c1ccc(O)cc1.COS(=O)(=O)[O-]. The summed E-state index contributed by atoms with van der Waals surface area (Å²) in [5.74, 6) is 0.0527. The quantitative estimate of drug-likeness (QED) is 0.276. The third kappa shape index (κ3) is 5.14. The van der Waals surface area contributed by atoms with E-state index in [4.69, 9.17) is 0 Å². The van der Waals surface area contributed by atoms with Gasteiger partial charge in [0.2, 0.25) is 10.4 Å². The zero-order valence-electron chi connectivity index (χ0n) is 16.8. The highest BCUT2D eigenvalue weighted by molar-refractivity contribution is 7.80. The molecule has 3 aromatic rings. The Labute approximate surface area is 183 Å². The number of amides is 1. The van der Waals surface area contributed by atoms with E-state index in [2.05, 4.69) is 9.28 Å². The summed E-state index contributed by atoms with van der Waals surface area (Å²) in [4.78, 5) is 12.9. The van der Waals surface area contributed by atoms with Gasteiger partial charge in [0.15, 0.2) is 0 Å². The van der Waals surface area contributed by atoms with Gasteiger partial charge in [-0.2, -0.15) is 0 Å². The number of phenolic OH excluding ortho intramolecular Hbond substituents is 1. The fraction of sp³-hybridized carbons (Fsp3) is 0.150. The molecule has 2 aromatic carbocycles. The van der Waals surface area contributed by atoms with Gasteiger partial charge in [0.25, 0.3) is 0 Å². The second kappa shape index (κ2) is 8.94. The number of nitrogens with zero attached hydrogens (tertiary/aromatic N) is 3. The number of hydrogen-bond donors (Lipinski definition) is 1. The molecule has 1 amide bonds. The number of aromatic hydroxyl groups is 1. The minimum atomic E-state index is -4.41. The first-order chi connectivity index (χ1) is 14.6. The van der Waals surface area contributed by atoms with Gasteiger partial charge in [-0.25, -0.2) is 17.8 Å². The van der Waals surface area contributed by atoms with Crippen molar-refractivity contribution in [1.82, 2.24) is 0 Å². The van der Waals surface area contributed by atoms with Crippen LogP contribution in [0.5, 0.6) is 5.75 Å². The molecule has 162 valence electrons. The molecule has 0 fully saturated rings. The van der Waals surface area contributed by atoms with E-state index in [9.17, 15) is 22.9 Å². The van der Waals surface area contributed by atoms with Crippen LogP contribution in [0, 0.1) is 0 Å². The molecule has 0 saturated carbocycles. The summed E-state index contributed by atoms with van der Waals surface area (Å²) in [6.45, 7) is 1.83. The molecule has 0 bridgehead atoms. The number of aromatic nitrogens is 1. The van der Waals surface area contributed by atoms with Crippen molar-refractivity contribution in [1.29, 1.82) is 0 Å². The Kier molecular flexibility index (Phi) is 6.51. The summed E-state index contributed by atoms with van der Waals surface area (Å²) < 4.78 is 34.1. The normalized spacial score (nSPS) is 15.2. The molecule has 0 spiro atoms. The first-order valence-corrected chi connectivity index (χ1v) is 11.1. The number of fused-ring (bicyclic) bond motifs is 1. The molecule has 0 radical (unpaired) electrons. The van der Waals surface area contributed by atoms with Gasteiger partial charge in [-0.05, 0) is 59.2 Å². The Bertz CT molecular complexity index is 1290. The summed E-state index contributed by atoms with van der Waals surface area (Å²) in [7, 11) is -1.67. The number of hydrazone groups is 1. The Morgan fingerprint density at radius 1 is 1.19 bits per heavy atom. The van der Waals surface area contributed by atoms with E-state index >= 15 is 0 Å². The van der Waals surface area contributed by atoms with Crippen LogP contribution in [0.4, 0.5) is 5.13 Å². The number of phenols is 1. The molecule has 31 heavy (non-hydrogen) atoms. The summed E-state index contributed by atoms with van der Waals surface area (Å²) in [5.41, 5.74) is 3.15. The number of benzene rings is 2. The monoisotopic (exact) mass is 461 g/mol. The summed E-state index contributed by atoms with van der Waals surface area (Å²) in [6, 6.07) is 14.8. The van der Waals surface area contributed by atoms with Crippen LogP contribution in [-0.2, 0) is 26.4 Å². The minimum absolute atomic E-state index is 0.146. The van der Waals surface area contributed by atoms with Crippen molar-refractivity contribution in [3.63, 3.8) is 0 Å². The van der Waals surface area contributed by atoms with Gasteiger partial charge < -0.3 is 9.66 Å². The third-order valence-corrected chi connectivity index (χ3v) is 5.97. The third-order valence-electron chi connectivity index (χ3n) is 4.37. The number of thiazole rings is 1. The lowest BCUT2D eigenvalue weighted by Gasteiger charge is -2.01. The zero-order chi connectivity index (χ0) is 22.8. The molecule has 2 heterocycles. The van der Waals surface area contributed by atoms with Gasteiger partial charge in [0.1, 0.15) is 11.3 Å². The van der Waals surface area contributed by atoms with Crippen molar-refractivity contribution >= 4 is 54.8 Å². The summed E-state index contributed by atoms with van der Waals surface area (Å²) in [5, 5.41) is 16.1. The molecule has 0 aliphatic carbocycles. The van der Waals surface area contributed by atoms with Crippen LogP contribution in [0.15, 0.2) is 59.2 Å². The van der Waals surface area contributed by atoms with Gasteiger partial charge in [-0.1, -0.05) is 29.4 Å². The first-order valence-electron chi connectivity index (χ1n) is 8.90. The van der Waals surface area contributed by atoms with E-state index in [1.54, 1.807) is 30.3 Å². The molecule has 0 atom stereocenters. The van der Waals surface area contributed by atoms with Crippen LogP contribution in [0.2, 0.25) is 0 Å². The number of para-hydroxylation sites is 1. The summed E-state index contributed by atoms with van der Waals surface area (Å²) in [6.07, 6.45) is 1.80. The van der Waals surface area contributed by atoms with Gasteiger partial charge in [-0.15, -0.1) is 0 Å². The molecule has 4 rings (SSSR count). The number of carbonyl (C=O) groups excluding carboxylic acids is 1. The van der Waals surface area contributed by atoms with E-state index in [1.165, 1.54) is 16.3 Å². The Morgan fingerprint density at radius 2 is 1.81 bits per heavy atom. The van der Waals surface area contributed by atoms with E-state index in [0.717, 1.165) is 28.0 Å². The van der Waals surface area contributed by atoms with Gasteiger partial charge in [0.05, 0.1) is 30.1 Å². The number of aryl methyl sites for hydroxylation is 1. The Balaban J connectivity index is 0.000000401. The maximum Gasteiger partial charge on any atom is 0.370 e. The maximum atomic E-state index is 12.9. The maximum absolute atomic E-state index is 12.9. The van der Waals surface area contributed by atoms with Crippen LogP contribution < -0.4 is 9.58 Å². The highest BCUT2D eigenvalue weighted by Gasteiger charge is 2.39. The second-order valence-electron chi connectivity index (χ2n) is 6.44. The molecule has 1 aliphatic heterocycles. The standard InChI is InChI=1S/C19H15N3O2S.CH4O4S/c1-12-15(11-13-7-9-14(23)10-8-13)18(24)22(20-12)19-21(2)16-5-3-4-6-17(16)25-19;1-5-6(2,3)4/h3-11H,1-2H3;1H3,(H,2,3,4). The van der Waals surface area contributed by atoms with E-state index in [1.807, 2.05) is 42.8 Å². The van der Waals surface area contributed by atoms with Crippen molar-refractivity contribution in [2.24, 2.45) is 12.1 Å². The number of hydrogen-bond acceptors (Lipinski definition) is 8. The van der Waals surface area contributed by atoms with Crippen LogP contribution in [0.1, 0.15) is 12.5 Å². The average molecular weight is 462 g/mol. The topological polar surface area (TPSA) is 123 Å². The van der Waals surface area contributed by atoms with Crippen molar-refractivity contribution in [2.75, 3.05) is 12.1 Å². The van der Waals surface area contributed by atoms with E-state index in [0.29, 0.717) is 11.3 Å². The molecule has 1 N–H and O–H groups in total. The predicted molar refractivity (Wildman–Crippen MR) is 116 cm³/mol. The van der Waals surface area contributed by atoms with Gasteiger partial charge in [-0.3, -0.25) is 4.18 Å². The van der Waals surface area contributed by atoms with Crippen LogP contribution >= 0.6 is 11.3 Å². The molecular formula is C20H19N3O6S2. The Hall–Kier alpha value is -3.12. The minimum Gasteiger partial charge on any atom is -0.726 e. The van der Waals surface area contributed by atoms with Crippen LogP contribution in [0.25, 0.3) is 16.3 Å². The van der Waals surface area contributed by atoms with Crippen LogP contribution in [0.3, 0.4) is 0 Å². The molecule has 9 nitrogen and oxygen atoms in total. The molecule has 0 saturated heterocycles. The van der Waals surface area contributed by atoms with Crippen molar-refractivity contribution in [2.45, 2.75) is 6.92 Å². The highest BCUT2D eigenvalue weighted by Crippen LogP contribution is 2.30. The molecular weight excluding hydrogens is 442 g/mol. The van der Waals surface area contributed by atoms with Gasteiger partial charge in [0, 0.05) is 0 Å². The lowest BCUT2D eigenvalue weighted by atomic mass is 10.1. The number of anilines is 1. The lowest BCUT2D eigenvalue weighted by Crippen LogP contribution is -2.36. The van der Waals surface area contributed by atoms with Crippen molar-refractivity contribution in [3.05, 3.63) is 59.7 Å². The van der Waals surface area contributed by atoms with Crippen molar-refractivity contribution in [3.8, 4) is 5.75 Å². The zero-order valence-corrected chi connectivity index (χ0v) is 18.5.